The number of thiocarbonyl (C=S) groups is 1. The van der Waals surface area contributed by atoms with Crippen LogP contribution in [0.25, 0.3) is 0 Å². The van der Waals surface area contributed by atoms with Gasteiger partial charge in [-0.15, -0.1) is 0 Å². The van der Waals surface area contributed by atoms with E-state index in [4.69, 9.17) is 23.8 Å². The minimum atomic E-state index is -0.601. The maximum atomic E-state index is 12.7. The highest BCUT2D eigenvalue weighted by Crippen LogP contribution is 2.37. The van der Waals surface area contributed by atoms with Crippen LogP contribution in [0.2, 0.25) is 5.02 Å². The van der Waals surface area contributed by atoms with Gasteiger partial charge >= 0.3 is 0 Å². The zero-order valence-electron chi connectivity index (χ0n) is 18.1. The van der Waals surface area contributed by atoms with Crippen molar-refractivity contribution in [3.8, 4) is 5.75 Å². The van der Waals surface area contributed by atoms with Gasteiger partial charge in [0, 0.05) is 24.7 Å². The molecule has 0 radical (unpaired) electrons. The molecule has 1 fully saturated rings. The van der Waals surface area contributed by atoms with Crippen molar-refractivity contribution in [3.63, 3.8) is 0 Å². The van der Waals surface area contributed by atoms with Gasteiger partial charge in [-0.05, 0) is 60.3 Å². The lowest BCUT2D eigenvalue weighted by Crippen LogP contribution is -2.34. The maximum Gasteiger partial charge on any atom is 0.293 e. The first-order valence-corrected chi connectivity index (χ1v) is 10.9. The number of phenols is 1. The number of nitro groups is 1. The second-order valence-corrected chi connectivity index (χ2v) is 9.48. The van der Waals surface area contributed by atoms with Crippen molar-refractivity contribution in [2.75, 3.05) is 23.3 Å². The van der Waals surface area contributed by atoms with Crippen molar-refractivity contribution >= 4 is 51.9 Å². The third kappa shape index (κ3) is 5.28. The number of carbonyl (C=O) groups excluding carboxylic acids is 1. The van der Waals surface area contributed by atoms with Crippen LogP contribution in [0.3, 0.4) is 0 Å². The molecule has 0 aromatic heterocycles. The summed E-state index contributed by atoms with van der Waals surface area (Å²) >= 11 is 11.3. The van der Waals surface area contributed by atoms with Gasteiger partial charge in [-0.3, -0.25) is 20.2 Å². The molecule has 1 amide bonds. The Bertz CT molecular complexity index is 1080. The van der Waals surface area contributed by atoms with Gasteiger partial charge in [0.25, 0.3) is 11.6 Å². The molecule has 0 unspecified atom stereocenters. The van der Waals surface area contributed by atoms with Crippen molar-refractivity contribution in [1.82, 2.24) is 5.32 Å². The lowest BCUT2D eigenvalue weighted by molar-refractivity contribution is -0.384. The van der Waals surface area contributed by atoms with Crippen LogP contribution in [0.1, 0.15) is 49.5 Å². The third-order valence-corrected chi connectivity index (χ3v) is 5.78. The topological polar surface area (TPSA) is 108 Å². The molecule has 2 aromatic carbocycles. The average molecular weight is 477 g/mol. The Labute approximate surface area is 196 Å². The van der Waals surface area contributed by atoms with Crippen LogP contribution in [0.15, 0.2) is 30.3 Å². The second kappa shape index (κ2) is 9.30. The fourth-order valence-electron chi connectivity index (χ4n) is 3.49. The second-order valence-electron chi connectivity index (χ2n) is 8.67. The van der Waals surface area contributed by atoms with Crippen molar-refractivity contribution in [2.24, 2.45) is 0 Å². The molecule has 2 aromatic rings. The number of carbonyl (C=O) groups is 1. The minimum Gasteiger partial charge on any atom is -0.504 e. The van der Waals surface area contributed by atoms with Gasteiger partial charge in [0.05, 0.1) is 15.6 Å². The summed E-state index contributed by atoms with van der Waals surface area (Å²) < 4.78 is 0. The van der Waals surface area contributed by atoms with Crippen molar-refractivity contribution in [2.45, 2.75) is 39.0 Å². The summed E-state index contributed by atoms with van der Waals surface area (Å²) in [5.41, 5.74) is 1.38. The van der Waals surface area contributed by atoms with E-state index in [0.29, 0.717) is 5.69 Å². The Morgan fingerprint density at radius 2 is 1.88 bits per heavy atom. The molecule has 1 aliphatic rings. The molecule has 170 valence electrons. The molecule has 10 heteroatoms. The van der Waals surface area contributed by atoms with Gasteiger partial charge in [0.2, 0.25) is 0 Å². The monoisotopic (exact) mass is 476 g/mol. The number of anilines is 2. The fourth-order valence-corrected chi connectivity index (χ4v) is 3.91. The lowest BCUT2D eigenvalue weighted by atomic mass is 9.87. The average Bonchev–Trinajstić information content (AvgIpc) is 3.24. The SMILES string of the molecule is CC(C)(C)c1cc(Cl)c(O)c(NC(=S)NC(=O)c2ccc(N3CCCC3)c([N+](=O)[O-])c2)c1. The van der Waals surface area contributed by atoms with Gasteiger partial charge in [-0.1, -0.05) is 32.4 Å². The lowest BCUT2D eigenvalue weighted by Gasteiger charge is -2.22. The number of hydrogen-bond donors (Lipinski definition) is 3. The molecule has 1 aliphatic heterocycles. The summed E-state index contributed by atoms with van der Waals surface area (Å²) in [5, 5.41) is 27.2. The Morgan fingerprint density at radius 1 is 1.22 bits per heavy atom. The van der Waals surface area contributed by atoms with E-state index >= 15 is 0 Å². The summed E-state index contributed by atoms with van der Waals surface area (Å²) in [6.07, 6.45) is 1.96. The molecular formula is C22H25ClN4O4S. The minimum absolute atomic E-state index is 0.0706. The van der Waals surface area contributed by atoms with Crippen LogP contribution < -0.4 is 15.5 Å². The highest BCUT2D eigenvalue weighted by molar-refractivity contribution is 7.80. The van der Waals surface area contributed by atoms with Gasteiger partial charge in [0.15, 0.2) is 10.9 Å². The molecular weight excluding hydrogens is 452 g/mol. The smallest absolute Gasteiger partial charge is 0.293 e. The first-order chi connectivity index (χ1) is 15.0. The Kier molecular flexibility index (Phi) is 6.90. The van der Waals surface area contributed by atoms with Crippen LogP contribution in [-0.2, 0) is 5.41 Å². The molecule has 0 saturated carbocycles. The number of aromatic hydroxyl groups is 1. The zero-order valence-corrected chi connectivity index (χ0v) is 19.6. The number of nitrogens with one attached hydrogen (secondary N) is 2. The van der Waals surface area contributed by atoms with Crippen LogP contribution in [0.5, 0.6) is 5.75 Å². The molecule has 0 atom stereocenters. The van der Waals surface area contributed by atoms with E-state index in [1.54, 1.807) is 18.2 Å². The summed E-state index contributed by atoms with van der Waals surface area (Å²) in [5.74, 6) is -0.794. The predicted molar refractivity (Wildman–Crippen MR) is 130 cm³/mol. The van der Waals surface area contributed by atoms with E-state index < -0.39 is 10.8 Å². The van der Waals surface area contributed by atoms with Crippen molar-refractivity contribution in [1.29, 1.82) is 0 Å². The standard InChI is InChI=1S/C22H25ClN4O4S/c1-22(2,3)14-11-15(23)19(28)16(12-14)24-21(32)25-20(29)13-6-7-17(18(10-13)27(30)31)26-8-4-5-9-26/h6-7,10-12,28H,4-5,8-9H2,1-3H3,(H2,24,25,29,32). The highest BCUT2D eigenvalue weighted by atomic mass is 35.5. The molecule has 32 heavy (non-hydrogen) atoms. The number of halogens is 1. The van der Waals surface area contributed by atoms with Gasteiger partial charge < -0.3 is 15.3 Å². The molecule has 3 rings (SSSR count). The normalized spacial score (nSPS) is 13.7. The highest BCUT2D eigenvalue weighted by Gasteiger charge is 2.24. The Balaban J connectivity index is 1.78. The number of nitro benzene ring substituents is 1. The molecule has 0 spiro atoms. The van der Waals surface area contributed by atoms with E-state index in [1.807, 2.05) is 25.7 Å². The summed E-state index contributed by atoms with van der Waals surface area (Å²) in [6, 6.07) is 7.75. The Hall–Kier alpha value is -2.91. The zero-order chi connectivity index (χ0) is 23.6. The molecule has 0 aliphatic carbocycles. The van der Waals surface area contributed by atoms with Crippen molar-refractivity contribution < 1.29 is 14.8 Å². The predicted octanol–water partition coefficient (Wildman–Crippen LogP) is 4.98. The molecule has 0 bridgehead atoms. The maximum absolute atomic E-state index is 12.7. The van der Waals surface area contributed by atoms with E-state index in [1.165, 1.54) is 12.1 Å². The fraction of sp³-hybridized carbons (Fsp3) is 0.364. The summed E-state index contributed by atoms with van der Waals surface area (Å²) in [7, 11) is 0. The molecule has 1 heterocycles. The van der Waals surface area contributed by atoms with Crippen molar-refractivity contribution in [3.05, 3.63) is 56.6 Å². The molecule has 8 nitrogen and oxygen atoms in total. The van der Waals surface area contributed by atoms with E-state index in [2.05, 4.69) is 10.6 Å². The number of rotatable bonds is 4. The van der Waals surface area contributed by atoms with Crippen LogP contribution in [0, 0.1) is 10.1 Å². The van der Waals surface area contributed by atoms with Gasteiger partial charge in [-0.2, -0.15) is 0 Å². The van der Waals surface area contributed by atoms with E-state index in [-0.39, 0.29) is 38.2 Å². The first-order valence-electron chi connectivity index (χ1n) is 10.2. The largest absolute Gasteiger partial charge is 0.504 e. The third-order valence-electron chi connectivity index (χ3n) is 5.29. The number of hydrogen-bond acceptors (Lipinski definition) is 6. The number of phenolic OH excluding ortho intramolecular Hbond substituents is 1. The quantitative estimate of drug-likeness (QED) is 0.247. The van der Waals surface area contributed by atoms with Gasteiger partial charge in [0.1, 0.15) is 5.69 Å². The Morgan fingerprint density at radius 3 is 2.47 bits per heavy atom. The molecule has 1 saturated heterocycles. The first kappa shape index (κ1) is 23.7. The summed E-state index contributed by atoms with van der Waals surface area (Å²) in [6.45, 7) is 7.50. The van der Waals surface area contributed by atoms with Gasteiger partial charge in [-0.25, -0.2) is 0 Å². The molecule has 3 N–H and O–H groups in total. The summed E-state index contributed by atoms with van der Waals surface area (Å²) in [4.78, 5) is 25.7. The number of amides is 1. The number of nitrogens with zero attached hydrogens (tertiary/aromatic N) is 2. The van der Waals surface area contributed by atoms with Crippen LogP contribution in [-0.4, -0.2) is 34.1 Å². The van der Waals surface area contributed by atoms with Crippen LogP contribution >= 0.6 is 23.8 Å². The van der Waals surface area contributed by atoms with E-state index in [9.17, 15) is 20.0 Å². The van der Waals surface area contributed by atoms with E-state index in [0.717, 1.165) is 31.5 Å². The number of benzene rings is 2. The van der Waals surface area contributed by atoms with Crippen LogP contribution in [0.4, 0.5) is 17.1 Å².